The van der Waals surface area contributed by atoms with E-state index in [-0.39, 0.29) is 5.43 Å². The summed E-state index contributed by atoms with van der Waals surface area (Å²) in [6.45, 7) is 2.07. The van der Waals surface area contributed by atoms with E-state index in [0.717, 1.165) is 33.6 Å². The summed E-state index contributed by atoms with van der Waals surface area (Å²) < 4.78 is 3.29. The average molecular weight is 373 g/mol. The number of aromatic amines is 1. The number of aromatic nitrogens is 2. The molecule has 0 saturated carbocycles. The number of hydrogen-bond donors (Lipinski definition) is 2. The molecule has 0 bridgehead atoms. The molecule has 134 valence electrons. The molecule has 27 heavy (non-hydrogen) atoms. The van der Waals surface area contributed by atoms with E-state index in [9.17, 15) is 4.79 Å². The van der Waals surface area contributed by atoms with Crippen molar-refractivity contribution in [2.75, 3.05) is 11.0 Å². The first-order chi connectivity index (χ1) is 13.2. The van der Waals surface area contributed by atoms with Crippen molar-refractivity contribution >= 4 is 28.7 Å². The minimum atomic E-state index is -0.0329. The van der Waals surface area contributed by atoms with Gasteiger partial charge in [-0.25, -0.2) is 4.98 Å². The van der Waals surface area contributed by atoms with Crippen LogP contribution in [0.4, 0.5) is 5.69 Å². The Morgan fingerprint density at radius 3 is 2.56 bits per heavy atom. The van der Waals surface area contributed by atoms with E-state index in [0.29, 0.717) is 11.0 Å². The average Bonchev–Trinajstić information content (AvgIpc) is 2.70. The summed E-state index contributed by atoms with van der Waals surface area (Å²) in [5.74, 6) is 0. The Hall–Kier alpha value is -3.05. The van der Waals surface area contributed by atoms with Crippen molar-refractivity contribution < 1.29 is 0 Å². The molecule has 0 saturated heterocycles. The molecule has 0 unspecified atom stereocenters. The van der Waals surface area contributed by atoms with Gasteiger partial charge in [-0.05, 0) is 36.2 Å². The normalized spacial score (nSPS) is 10.9. The van der Waals surface area contributed by atoms with E-state index in [4.69, 9.17) is 4.98 Å². The lowest BCUT2D eigenvalue weighted by atomic mass is 9.96. The van der Waals surface area contributed by atoms with E-state index >= 15 is 0 Å². The van der Waals surface area contributed by atoms with E-state index in [1.165, 1.54) is 6.07 Å². The smallest absolute Gasteiger partial charge is 0.191 e. The van der Waals surface area contributed by atoms with Crippen LogP contribution >= 0.6 is 11.9 Å². The maximum absolute atomic E-state index is 12.3. The third-order valence-corrected chi connectivity index (χ3v) is 4.96. The van der Waals surface area contributed by atoms with Gasteiger partial charge in [0, 0.05) is 35.3 Å². The number of pyridine rings is 2. The lowest BCUT2D eigenvalue weighted by molar-refractivity contribution is 1.28. The molecule has 2 N–H and O–H groups in total. The Balaban J connectivity index is 1.99. The zero-order valence-corrected chi connectivity index (χ0v) is 15.9. The van der Waals surface area contributed by atoms with Gasteiger partial charge in [0.25, 0.3) is 0 Å². The van der Waals surface area contributed by atoms with Crippen molar-refractivity contribution in [3.8, 4) is 22.4 Å². The van der Waals surface area contributed by atoms with Gasteiger partial charge < -0.3 is 9.71 Å². The molecule has 0 aliphatic carbocycles. The molecule has 0 amide bonds. The van der Waals surface area contributed by atoms with Crippen LogP contribution in [0.15, 0.2) is 71.7 Å². The van der Waals surface area contributed by atoms with Crippen LogP contribution in [0.5, 0.6) is 0 Å². The van der Waals surface area contributed by atoms with Gasteiger partial charge in [0.15, 0.2) is 5.43 Å². The van der Waals surface area contributed by atoms with Crippen molar-refractivity contribution in [1.29, 1.82) is 0 Å². The predicted octanol–water partition coefficient (Wildman–Crippen LogP) is 5.26. The summed E-state index contributed by atoms with van der Waals surface area (Å²) in [6, 6.07) is 19.8. The largest absolute Gasteiger partial charge is 0.346 e. The van der Waals surface area contributed by atoms with Crippen LogP contribution in [0.1, 0.15) is 5.56 Å². The SMILES string of the molecule is CSNc1ccc(-c2cc3c(=O)cc[nH]c3nc2-c2ccccc2)cc1C. The second-order valence-electron chi connectivity index (χ2n) is 6.32. The molecule has 0 aliphatic rings. The number of rotatable bonds is 4. The number of H-pyrrole nitrogens is 1. The van der Waals surface area contributed by atoms with Crippen LogP contribution in [0, 0.1) is 6.92 Å². The summed E-state index contributed by atoms with van der Waals surface area (Å²) in [6.07, 6.45) is 3.64. The number of nitrogens with zero attached hydrogens (tertiary/aromatic N) is 1. The first-order valence-corrected chi connectivity index (χ1v) is 9.88. The molecule has 4 rings (SSSR count). The second kappa shape index (κ2) is 7.29. The maximum Gasteiger partial charge on any atom is 0.191 e. The number of benzene rings is 2. The third-order valence-electron chi connectivity index (χ3n) is 4.54. The van der Waals surface area contributed by atoms with E-state index in [1.54, 1.807) is 18.1 Å². The van der Waals surface area contributed by atoms with Crippen LogP contribution < -0.4 is 10.2 Å². The Morgan fingerprint density at radius 2 is 1.81 bits per heavy atom. The molecular formula is C22H19N3OS. The van der Waals surface area contributed by atoms with Crippen molar-refractivity contribution in [3.05, 3.63) is 82.6 Å². The Kier molecular flexibility index (Phi) is 4.69. The Morgan fingerprint density at radius 1 is 1.00 bits per heavy atom. The van der Waals surface area contributed by atoms with Crippen LogP contribution in [-0.4, -0.2) is 16.2 Å². The molecule has 5 heteroatoms. The van der Waals surface area contributed by atoms with Crippen molar-refractivity contribution in [3.63, 3.8) is 0 Å². The van der Waals surface area contributed by atoms with Crippen LogP contribution in [-0.2, 0) is 0 Å². The molecule has 4 nitrogen and oxygen atoms in total. The molecule has 0 radical (unpaired) electrons. The first kappa shape index (κ1) is 17.4. The van der Waals surface area contributed by atoms with Crippen LogP contribution in [0.2, 0.25) is 0 Å². The molecule has 0 aliphatic heterocycles. The van der Waals surface area contributed by atoms with Gasteiger partial charge in [0.1, 0.15) is 5.65 Å². The van der Waals surface area contributed by atoms with Gasteiger partial charge in [-0.15, -0.1) is 0 Å². The Labute approximate surface area is 161 Å². The highest BCUT2D eigenvalue weighted by Crippen LogP contribution is 2.34. The van der Waals surface area contributed by atoms with E-state index in [2.05, 4.69) is 34.8 Å². The standard InChI is InChI=1S/C22H19N3OS/c1-14-12-16(8-9-19(14)25-27-2)17-13-18-20(26)10-11-23-22(18)24-21(17)15-6-4-3-5-7-15/h3-13,25H,1-2H3,(H,23,24,26). The van der Waals surface area contributed by atoms with E-state index in [1.807, 2.05) is 42.7 Å². The Bertz CT molecular complexity index is 1170. The summed E-state index contributed by atoms with van der Waals surface area (Å²) in [5.41, 5.74) is 6.65. The molecule has 2 aromatic carbocycles. The number of aryl methyl sites for hydroxylation is 1. The summed E-state index contributed by atoms with van der Waals surface area (Å²) in [5, 5.41) is 0.594. The maximum atomic E-state index is 12.3. The van der Waals surface area contributed by atoms with Gasteiger partial charge >= 0.3 is 0 Å². The van der Waals surface area contributed by atoms with Crippen LogP contribution in [0.25, 0.3) is 33.4 Å². The second-order valence-corrected chi connectivity index (χ2v) is 6.94. The molecule has 4 aromatic rings. The van der Waals surface area contributed by atoms with Crippen molar-refractivity contribution in [1.82, 2.24) is 9.97 Å². The molecule has 2 aromatic heterocycles. The first-order valence-electron chi connectivity index (χ1n) is 8.65. The van der Waals surface area contributed by atoms with Gasteiger partial charge in [-0.1, -0.05) is 48.3 Å². The fourth-order valence-electron chi connectivity index (χ4n) is 3.19. The van der Waals surface area contributed by atoms with Crippen molar-refractivity contribution in [2.24, 2.45) is 0 Å². The highest BCUT2D eigenvalue weighted by molar-refractivity contribution is 7.99. The van der Waals surface area contributed by atoms with Crippen molar-refractivity contribution in [2.45, 2.75) is 6.92 Å². The zero-order valence-electron chi connectivity index (χ0n) is 15.1. The van der Waals surface area contributed by atoms with Gasteiger partial charge in [-0.2, -0.15) is 0 Å². The minimum Gasteiger partial charge on any atom is -0.346 e. The quantitative estimate of drug-likeness (QED) is 0.479. The fraction of sp³-hybridized carbons (Fsp3) is 0.0909. The van der Waals surface area contributed by atoms with Gasteiger partial charge in [0.2, 0.25) is 0 Å². The lowest BCUT2D eigenvalue weighted by Gasteiger charge is -2.13. The number of fused-ring (bicyclic) bond motifs is 1. The zero-order chi connectivity index (χ0) is 18.8. The van der Waals surface area contributed by atoms with Gasteiger partial charge in [0.05, 0.1) is 11.1 Å². The van der Waals surface area contributed by atoms with Gasteiger partial charge in [-0.3, -0.25) is 4.79 Å². The fourth-order valence-corrected chi connectivity index (χ4v) is 3.64. The monoisotopic (exact) mass is 373 g/mol. The highest BCUT2D eigenvalue weighted by atomic mass is 32.2. The summed E-state index contributed by atoms with van der Waals surface area (Å²) >= 11 is 1.57. The molecule has 2 heterocycles. The summed E-state index contributed by atoms with van der Waals surface area (Å²) in [7, 11) is 0. The number of nitrogens with one attached hydrogen (secondary N) is 2. The molecular weight excluding hydrogens is 354 g/mol. The number of hydrogen-bond acceptors (Lipinski definition) is 4. The number of anilines is 1. The topological polar surface area (TPSA) is 57.8 Å². The predicted molar refractivity (Wildman–Crippen MR) is 115 cm³/mol. The van der Waals surface area contributed by atoms with E-state index < -0.39 is 0 Å². The third kappa shape index (κ3) is 3.34. The minimum absolute atomic E-state index is 0.0329. The molecule has 0 atom stereocenters. The molecule has 0 spiro atoms. The highest BCUT2D eigenvalue weighted by Gasteiger charge is 2.13. The summed E-state index contributed by atoms with van der Waals surface area (Å²) in [4.78, 5) is 20.2. The molecule has 0 fully saturated rings. The van der Waals surface area contributed by atoms with Crippen LogP contribution in [0.3, 0.4) is 0 Å². The lowest BCUT2D eigenvalue weighted by Crippen LogP contribution is -2.03.